The highest BCUT2D eigenvalue weighted by atomic mass is 19.1. The Balaban J connectivity index is 1.56. The average Bonchev–Trinajstić information content (AvgIpc) is 3.09. The van der Waals surface area contributed by atoms with Crippen LogP contribution in [0.4, 0.5) is 10.1 Å². The lowest BCUT2D eigenvalue weighted by molar-refractivity contribution is -0.115. The summed E-state index contributed by atoms with van der Waals surface area (Å²) in [6, 6.07) is 13.6. The van der Waals surface area contributed by atoms with E-state index in [1.54, 1.807) is 18.3 Å². The van der Waals surface area contributed by atoms with E-state index in [0.29, 0.717) is 5.78 Å². The van der Waals surface area contributed by atoms with E-state index in [-0.39, 0.29) is 18.1 Å². The average molecular weight is 360 g/mol. The Kier molecular flexibility index (Phi) is 4.38. The summed E-state index contributed by atoms with van der Waals surface area (Å²) in [6.07, 6.45) is 5.67. The third-order valence-electron chi connectivity index (χ3n) is 4.32. The van der Waals surface area contributed by atoms with E-state index in [4.69, 9.17) is 0 Å². The molecule has 4 aromatic rings. The number of fused-ring (bicyclic) bond motifs is 1. The summed E-state index contributed by atoms with van der Waals surface area (Å²) in [5.41, 5.74) is 4.11. The van der Waals surface area contributed by atoms with Crippen molar-refractivity contribution < 1.29 is 9.18 Å². The normalized spacial score (nSPS) is 10.9. The van der Waals surface area contributed by atoms with E-state index < -0.39 is 0 Å². The first-order valence-corrected chi connectivity index (χ1v) is 8.53. The van der Waals surface area contributed by atoms with Crippen LogP contribution < -0.4 is 5.32 Å². The largest absolute Gasteiger partial charge is 0.326 e. The molecule has 0 bridgehead atoms. The predicted molar refractivity (Wildman–Crippen MR) is 102 cm³/mol. The zero-order chi connectivity index (χ0) is 18.8. The number of rotatable bonds is 4. The molecule has 27 heavy (non-hydrogen) atoms. The van der Waals surface area contributed by atoms with Crippen LogP contribution in [-0.4, -0.2) is 20.3 Å². The zero-order valence-corrected chi connectivity index (χ0v) is 14.7. The van der Waals surface area contributed by atoms with Gasteiger partial charge in [-0.25, -0.2) is 14.4 Å². The molecule has 2 aromatic heterocycles. The molecule has 1 N–H and O–H groups in total. The van der Waals surface area contributed by atoms with Gasteiger partial charge in [0.15, 0.2) is 0 Å². The fourth-order valence-corrected chi connectivity index (χ4v) is 2.87. The molecule has 2 heterocycles. The summed E-state index contributed by atoms with van der Waals surface area (Å²) in [6.45, 7) is 1.93. The highest BCUT2D eigenvalue weighted by Crippen LogP contribution is 2.25. The Hall–Kier alpha value is -3.54. The maximum atomic E-state index is 13.0. The van der Waals surface area contributed by atoms with Gasteiger partial charge in [0.25, 0.3) is 0 Å². The van der Waals surface area contributed by atoms with Crippen molar-refractivity contribution in [3.05, 3.63) is 84.1 Å². The number of nitrogens with zero attached hydrogens (tertiary/aromatic N) is 3. The maximum Gasteiger partial charge on any atom is 0.234 e. The van der Waals surface area contributed by atoms with Gasteiger partial charge in [-0.15, -0.1) is 0 Å². The molecular formula is C21H17FN4O. The molecule has 0 aliphatic carbocycles. The van der Waals surface area contributed by atoms with Gasteiger partial charge in [-0.3, -0.25) is 9.20 Å². The summed E-state index contributed by atoms with van der Waals surface area (Å²) in [5, 5.41) is 2.93. The van der Waals surface area contributed by atoms with Crippen LogP contribution >= 0.6 is 0 Å². The number of amides is 1. The van der Waals surface area contributed by atoms with Gasteiger partial charge in [-0.2, -0.15) is 0 Å². The van der Waals surface area contributed by atoms with E-state index >= 15 is 0 Å². The fraction of sp³-hybridized carbons (Fsp3) is 0.0952. The summed E-state index contributed by atoms with van der Waals surface area (Å²) < 4.78 is 14.8. The standard InChI is InChI=1S/C21H17FN4O/c1-14-3-6-16(19-13-26-10-2-9-23-21(26)25-19)12-18(14)24-20(27)11-15-4-7-17(22)8-5-15/h2-10,12-13H,11H2,1H3,(H,24,27). The minimum atomic E-state index is -0.315. The van der Waals surface area contributed by atoms with Gasteiger partial charge in [0, 0.05) is 29.8 Å². The van der Waals surface area contributed by atoms with Crippen LogP contribution in [0.25, 0.3) is 17.0 Å². The van der Waals surface area contributed by atoms with E-state index in [0.717, 1.165) is 28.1 Å². The van der Waals surface area contributed by atoms with Crippen LogP contribution in [0.1, 0.15) is 11.1 Å². The molecule has 0 atom stereocenters. The van der Waals surface area contributed by atoms with Crippen LogP contribution in [0.2, 0.25) is 0 Å². The van der Waals surface area contributed by atoms with E-state index in [1.807, 2.05) is 48.0 Å². The molecule has 0 radical (unpaired) electrons. The van der Waals surface area contributed by atoms with Gasteiger partial charge in [0.05, 0.1) is 12.1 Å². The molecule has 134 valence electrons. The number of halogens is 1. The van der Waals surface area contributed by atoms with Crippen LogP contribution in [0.5, 0.6) is 0 Å². The van der Waals surface area contributed by atoms with Crippen molar-refractivity contribution in [3.8, 4) is 11.3 Å². The van der Waals surface area contributed by atoms with Crippen LogP contribution in [-0.2, 0) is 11.2 Å². The van der Waals surface area contributed by atoms with Crippen molar-refractivity contribution in [2.45, 2.75) is 13.3 Å². The molecule has 0 fully saturated rings. The highest BCUT2D eigenvalue weighted by Gasteiger charge is 2.10. The van der Waals surface area contributed by atoms with Gasteiger partial charge < -0.3 is 5.32 Å². The second-order valence-corrected chi connectivity index (χ2v) is 6.33. The van der Waals surface area contributed by atoms with Crippen LogP contribution in [0, 0.1) is 12.7 Å². The molecule has 0 saturated heterocycles. The predicted octanol–water partition coefficient (Wildman–Crippen LogP) is 4.03. The van der Waals surface area contributed by atoms with Crippen LogP contribution in [0.15, 0.2) is 67.1 Å². The zero-order valence-electron chi connectivity index (χ0n) is 14.7. The second-order valence-electron chi connectivity index (χ2n) is 6.33. The Morgan fingerprint density at radius 3 is 2.78 bits per heavy atom. The molecule has 6 heteroatoms. The molecule has 1 amide bonds. The lowest BCUT2D eigenvalue weighted by atomic mass is 10.1. The molecule has 0 unspecified atom stereocenters. The third-order valence-corrected chi connectivity index (χ3v) is 4.32. The number of hydrogen-bond donors (Lipinski definition) is 1. The Bertz CT molecular complexity index is 1090. The van der Waals surface area contributed by atoms with Gasteiger partial charge in [-0.1, -0.05) is 24.3 Å². The second kappa shape index (κ2) is 6.99. The lowest BCUT2D eigenvalue weighted by Gasteiger charge is -2.10. The van der Waals surface area contributed by atoms with Gasteiger partial charge >= 0.3 is 0 Å². The van der Waals surface area contributed by atoms with Crippen molar-refractivity contribution in [3.63, 3.8) is 0 Å². The van der Waals surface area contributed by atoms with E-state index in [9.17, 15) is 9.18 Å². The number of imidazole rings is 1. The summed E-state index contributed by atoms with van der Waals surface area (Å²) in [7, 11) is 0. The minimum Gasteiger partial charge on any atom is -0.326 e. The SMILES string of the molecule is Cc1ccc(-c2cn3cccnc3n2)cc1NC(=O)Cc1ccc(F)cc1. The van der Waals surface area contributed by atoms with Crippen molar-refractivity contribution in [1.29, 1.82) is 0 Å². The number of nitrogens with one attached hydrogen (secondary N) is 1. The molecule has 2 aromatic carbocycles. The number of carbonyl (C=O) groups is 1. The third kappa shape index (κ3) is 3.69. The lowest BCUT2D eigenvalue weighted by Crippen LogP contribution is -2.15. The monoisotopic (exact) mass is 360 g/mol. The molecule has 5 nitrogen and oxygen atoms in total. The number of carbonyl (C=O) groups excluding carboxylic acids is 1. The van der Waals surface area contributed by atoms with Gasteiger partial charge in [0.2, 0.25) is 11.7 Å². The molecule has 0 aliphatic heterocycles. The Labute approximate surface area is 155 Å². The number of aromatic nitrogens is 3. The van der Waals surface area contributed by atoms with Gasteiger partial charge in [0.1, 0.15) is 5.82 Å². The summed E-state index contributed by atoms with van der Waals surface area (Å²) in [5.74, 6) is 0.151. The van der Waals surface area contributed by atoms with Crippen molar-refractivity contribution in [2.75, 3.05) is 5.32 Å². The number of hydrogen-bond acceptors (Lipinski definition) is 3. The molecular weight excluding hydrogens is 343 g/mol. The van der Waals surface area contributed by atoms with Gasteiger partial charge in [-0.05, 0) is 42.3 Å². The quantitative estimate of drug-likeness (QED) is 0.598. The molecule has 4 rings (SSSR count). The fourth-order valence-electron chi connectivity index (χ4n) is 2.87. The number of aryl methyl sites for hydroxylation is 1. The van der Waals surface area contributed by atoms with Crippen molar-refractivity contribution in [1.82, 2.24) is 14.4 Å². The van der Waals surface area contributed by atoms with Crippen molar-refractivity contribution in [2.24, 2.45) is 0 Å². The van der Waals surface area contributed by atoms with E-state index in [1.165, 1.54) is 12.1 Å². The number of anilines is 1. The number of benzene rings is 2. The minimum absolute atomic E-state index is 0.154. The highest BCUT2D eigenvalue weighted by molar-refractivity contribution is 5.93. The van der Waals surface area contributed by atoms with Crippen molar-refractivity contribution >= 4 is 17.4 Å². The maximum absolute atomic E-state index is 13.0. The molecule has 0 spiro atoms. The summed E-state index contributed by atoms with van der Waals surface area (Å²) in [4.78, 5) is 21.1. The topological polar surface area (TPSA) is 59.3 Å². The first-order valence-electron chi connectivity index (χ1n) is 8.53. The first kappa shape index (κ1) is 16.9. The Morgan fingerprint density at radius 2 is 2.00 bits per heavy atom. The smallest absolute Gasteiger partial charge is 0.234 e. The molecule has 0 saturated carbocycles. The summed E-state index contributed by atoms with van der Waals surface area (Å²) >= 11 is 0. The van der Waals surface area contributed by atoms with Crippen LogP contribution in [0.3, 0.4) is 0 Å². The first-order chi connectivity index (χ1) is 13.1. The Morgan fingerprint density at radius 1 is 1.19 bits per heavy atom. The molecule has 0 aliphatic rings. The van der Waals surface area contributed by atoms with E-state index in [2.05, 4.69) is 15.3 Å².